The van der Waals surface area contributed by atoms with Gasteiger partial charge in [0.15, 0.2) is 0 Å². The van der Waals surface area contributed by atoms with Gasteiger partial charge in [-0.15, -0.1) is 0 Å². The summed E-state index contributed by atoms with van der Waals surface area (Å²) >= 11 is 0. The van der Waals surface area contributed by atoms with Gasteiger partial charge in [-0.1, -0.05) is 31.1 Å². The molecule has 1 N–H and O–H groups in total. The van der Waals surface area contributed by atoms with Crippen LogP contribution in [0.5, 0.6) is 0 Å². The van der Waals surface area contributed by atoms with Crippen LogP contribution >= 0.6 is 0 Å². The first-order valence-corrected chi connectivity index (χ1v) is 9.28. The number of carbonyl (C=O) groups excluding carboxylic acids is 1. The lowest BCUT2D eigenvalue weighted by Crippen LogP contribution is -2.42. The molecule has 1 amide bonds. The van der Waals surface area contributed by atoms with Gasteiger partial charge in [0.1, 0.15) is 0 Å². The summed E-state index contributed by atoms with van der Waals surface area (Å²) < 4.78 is 4.99. The van der Waals surface area contributed by atoms with Gasteiger partial charge in [0.2, 0.25) is 11.7 Å². The maximum atomic E-state index is 12.5. The van der Waals surface area contributed by atoms with Gasteiger partial charge in [-0.3, -0.25) is 4.79 Å². The molecule has 0 radical (unpaired) electrons. The van der Waals surface area contributed by atoms with E-state index >= 15 is 0 Å². The fourth-order valence-corrected chi connectivity index (χ4v) is 4.29. The van der Waals surface area contributed by atoms with Crippen LogP contribution in [-0.2, 0) is 0 Å². The predicted octanol–water partition coefficient (Wildman–Crippen LogP) is 2.75. The van der Waals surface area contributed by atoms with E-state index in [1.807, 2.05) is 12.1 Å². The van der Waals surface area contributed by atoms with E-state index in [4.69, 9.17) is 4.52 Å². The number of hydrogen-bond donors (Lipinski definition) is 1. The minimum atomic E-state index is -0.0435. The summed E-state index contributed by atoms with van der Waals surface area (Å²) in [5, 5.41) is 7.00. The second-order valence-corrected chi connectivity index (χ2v) is 8.34. The van der Waals surface area contributed by atoms with Crippen LogP contribution in [0.3, 0.4) is 0 Å². The number of nitrogens with zero attached hydrogens (tertiary/aromatic N) is 3. The van der Waals surface area contributed by atoms with Crippen molar-refractivity contribution in [3.05, 3.63) is 35.7 Å². The van der Waals surface area contributed by atoms with Crippen molar-refractivity contribution in [3.8, 4) is 11.4 Å². The molecule has 1 aliphatic heterocycles. The van der Waals surface area contributed by atoms with Crippen LogP contribution in [0, 0.1) is 24.2 Å². The molecule has 2 aromatic rings. The van der Waals surface area contributed by atoms with Gasteiger partial charge < -0.3 is 14.7 Å². The average molecular weight is 354 g/mol. The van der Waals surface area contributed by atoms with Crippen molar-refractivity contribution in [3.63, 3.8) is 0 Å². The summed E-state index contributed by atoms with van der Waals surface area (Å²) in [5.41, 5.74) is 2.01. The Kier molecular flexibility index (Phi) is 4.10. The Morgan fingerprint density at radius 2 is 1.96 bits per heavy atom. The van der Waals surface area contributed by atoms with E-state index in [0.29, 0.717) is 22.7 Å². The largest absolute Gasteiger partial charge is 0.348 e. The van der Waals surface area contributed by atoms with Crippen LogP contribution < -0.4 is 5.32 Å². The summed E-state index contributed by atoms with van der Waals surface area (Å²) in [7, 11) is 0. The monoisotopic (exact) mass is 354 g/mol. The van der Waals surface area contributed by atoms with Crippen LogP contribution in [-0.4, -0.2) is 46.6 Å². The molecule has 2 fully saturated rings. The van der Waals surface area contributed by atoms with Crippen LogP contribution in [0.15, 0.2) is 28.8 Å². The van der Waals surface area contributed by atoms with Gasteiger partial charge in [-0.25, -0.2) is 0 Å². The molecule has 2 heterocycles. The molecule has 6 nitrogen and oxygen atoms in total. The van der Waals surface area contributed by atoms with Gasteiger partial charge in [0.25, 0.3) is 5.91 Å². The normalized spacial score (nSPS) is 24.9. The first-order chi connectivity index (χ1) is 12.3. The lowest BCUT2D eigenvalue weighted by atomic mass is 10.1. The quantitative estimate of drug-likeness (QED) is 0.894. The molecule has 26 heavy (non-hydrogen) atoms. The Morgan fingerprint density at radius 1 is 1.31 bits per heavy atom. The summed E-state index contributed by atoms with van der Waals surface area (Å²) in [6.07, 6.45) is 0. The number of benzene rings is 1. The van der Waals surface area contributed by atoms with E-state index in [1.54, 1.807) is 19.1 Å². The zero-order valence-corrected chi connectivity index (χ0v) is 15.8. The highest BCUT2D eigenvalue weighted by molar-refractivity contribution is 5.94. The minimum Gasteiger partial charge on any atom is -0.348 e. The van der Waals surface area contributed by atoms with Gasteiger partial charge in [-0.2, -0.15) is 4.98 Å². The zero-order valence-electron chi connectivity index (χ0n) is 15.8. The molecule has 3 atom stereocenters. The third kappa shape index (κ3) is 3.14. The number of hydrogen-bond acceptors (Lipinski definition) is 5. The van der Waals surface area contributed by atoms with Crippen molar-refractivity contribution in [2.75, 3.05) is 19.6 Å². The van der Waals surface area contributed by atoms with Crippen LogP contribution in [0.2, 0.25) is 0 Å². The minimum absolute atomic E-state index is 0.0435. The fourth-order valence-electron chi connectivity index (χ4n) is 4.29. The van der Waals surface area contributed by atoms with E-state index in [9.17, 15) is 4.79 Å². The Bertz CT molecular complexity index is 797. The van der Waals surface area contributed by atoms with Crippen molar-refractivity contribution >= 4 is 5.91 Å². The summed E-state index contributed by atoms with van der Waals surface area (Å²) in [6.45, 7) is 11.8. The number of piperidine rings is 1. The van der Waals surface area contributed by atoms with Crippen molar-refractivity contribution in [2.45, 2.75) is 33.7 Å². The average Bonchev–Trinajstić information content (AvgIpc) is 3.01. The van der Waals surface area contributed by atoms with E-state index in [0.717, 1.165) is 37.0 Å². The number of rotatable bonds is 5. The molecule has 138 valence electrons. The Balaban J connectivity index is 1.30. The highest BCUT2D eigenvalue weighted by Gasteiger charge is 2.61. The molecule has 0 spiro atoms. The van der Waals surface area contributed by atoms with Gasteiger partial charge in [0.05, 0.1) is 0 Å². The first kappa shape index (κ1) is 17.2. The second kappa shape index (κ2) is 6.20. The third-order valence-electron chi connectivity index (χ3n) is 6.04. The van der Waals surface area contributed by atoms with Gasteiger partial charge >= 0.3 is 0 Å². The number of likely N-dealkylation sites (tertiary alicyclic amines) is 1. The SMILES string of the molecule is Cc1nc(-c2ccc(C(=O)N[C@H](C)CN3CC4C(C3)C4(C)C)cc2)no1. The van der Waals surface area contributed by atoms with E-state index < -0.39 is 0 Å². The molecule has 1 saturated heterocycles. The molecule has 1 saturated carbocycles. The smallest absolute Gasteiger partial charge is 0.251 e. The molecule has 6 heteroatoms. The number of nitrogens with one attached hydrogen (secondary N) is 1. The van der Waals surface area contributed by atoms with Crippen molar-refractivity contribution in [1.29, 1.82) is 0 Å². The maximum absolute atomic E-state index is 12.5. The Hall–Kier alpha value is -2.21. The summed E-state index contributed by atoms with van der Waals surface area (Å²) in [4.78, 5) is 19.2. The second-order valence-electron chi connectivity index (χ2n) is 8.34. The fraction of sp³-hybridized carbons (Fsp3) is 0.550. The van der Waals surface area contributed by atoms with E-state index in [2.05, 4.69) is 41.1 Å². The molecular weight excluding hydrogens is 328 g/mol. The van der Waals surface area contributed by atoms with Crippen molar-refractivity contribution < 1.29 is 9.32 Å². The summed E-state index contributed by atoms with van der Waals surface area (Å²) in [6, 6.07) is 7.43. The number of aromatic nitrogens is 2. The third-order valence-corrected chi connectivity index (χ3v) is 6.04. The lowest BCUT2D eigenvalue weighted by molar-refractivity contribution is 0.0929. The van der Waals surface area contributed by atoms with Gasteiger partial charge in [-0.05, 0) is 36.3 Å². The standard InChI is InChI=1S/C20H26N4O2/c1-12(9-24-10-16-17(11-24)20(16,3)4)21-19(25)15-7-5-14(6-8-15)18-22-13(2)26-23-18/h5-8,12,16-17H,9-11H2,1-4H3,(H,21,25)/t12-,16?,17?/m1/s1. The van der Waals surface area contributed by atoms with Gasteiger partial charge in [0, 0.05) is 43.7 Å². The number of amides is 1. The van der Waals surface area contributed by atoms with E-state index in [-0.39, 0.29) is 11.9 Å². The molecule has 1 aliphatic carbocycles. The molecule has 2 aliphatic rings. The number of carbonyl (C=O) groups is 1. The maximum Gasteiger partial charge on any atom is 0.251 e. The Morgan fingerprint density at radius 3 is 2.54 bits per heavy atom. The zero-order chi connectivity index (χ0) is 18.5. The van der Waals surface area contributed by atoms with Crippen LogP contribution in [0.4, 0.5) is 0 Å². The molecule has 1 aromatic heterocycles. The molecule has 2 unspecified atom stereocenters. The molecule has 4 rings (SSSR count). The topological polar surface area (TPSA) is 71.3 Å². The van der Waals surface area contributed by atoms with Crippen LogP contribution in [0.1, 0.15) is 37.0 Å². The number of aryl methyl sites for hydroxylation is 1. The predicted molar refractivity (Wildman–Crippen MR) is 98.6 cm³/mol. The summed E-state index contributed by atoms with van der Waals surface area (Å²) in [5.74, 6) is 2.70. The van der Waals surface area contributed by atoms with Crippen molar-refractivity contribution in [2.24, 2.45) is 17.3 Å². The molecule has 1 aromatic carbocycles. The molecular formula is C20H26N4O2. The Labute approximate surface area is 154 Å². The van der Waals surface area contributed by atoms with Crippen LogP contribution in [0.25, 0.3) is 11.4 Å². The lowest BCUT2D eigenvalue weighted by Gasteiger charge is -2.25. The first-order valence-electron chi connectivity index (χ1n) is 9.28. The highest BCUT2D eigenvalue weighted by atomic mass is 16.5. The highest BCUT2D eigenvalue weighted by Crippen LogP contribution is 2.61. The number of fused-ring (bicyclic) bond motifs is 1. The van der Waals surface area contributed by atoms with E-state index in [1.165, 1.54) is 0 Å². The van der Waals surface area contributed by atoms with Crippen molar-refractivity contribution in [1.82, 2.24) is 20.4 Å². The molecule has 0 bridgehead atoms.